The quantitative estimate of drug-likeness (QED) is 0.578. The van der Waals surface area contributed by atoms with Crippen LogP contribution in [0.4, 0.5) is 4.79 Å². The number of pyridine rings is 1. The monoisotopic (exact) mass is 358 g/mol. The molecule has 1 saturated heterocycles. The Bertz CT molecular complexity index is 655. The first-order valence-electron chi connectivity index (χ1n) is 9.45. The molecule has 0 saturated carbocycles. The number of hydrogen-bond donors (Lipinski definition) is 0. The van der Waals surface area contributed by atoms with Gasteiger partial charge in [0, 0.05) is 24.7 Å². The summed E-state index contributed by atoms with van der Waals surface area (Å²) in [4.78, 5) is 18.3. The molecule has 0 spiro atoms. The molecule has 2 rings (SSSR count). The topological polar surface area (TPSA) is 51.7 Å². The van der Waals surface area contributed by atoms with E-state index in [1.165, 1.54) is 0 Å². The molecule has 0 N–H and O–H groups in total. The van der Waals surface area contributed by atoms with Gasteiger partial charge in [0.15, 0.2) is 0 Å². The fourth-order valence-electron chi connectivity index (χ4n) is 2.76. The van der Waals surface area contributed by atoms with Crippen molar-refractivity contribution in [3.05, 3.63) is 24.0 Å². The number of carbonyl (C=O) groups excluding carboxylic acids is 1. The van der Waals surface area contributed by atoms with Gasteiger partial charge in [-0.25, -0.2) is 4.79 Å². The van der Waals surface area contributed by atoms with Crippen LogP contribution >= 0.6 is 0 Å². The van der Waals surface area contributed by atoms with Crippen LogP contribution in [0.3, 0.4) is 0 Å². The van der Waals surface area contributed by atoms with E-state index in [0.29, 0.717) is 18.9 Å². The Kier molecular flexibility index (Phi) is 7.32. The molecular formula is C21H30N2O3. The Morgan fingerprint density at radius 1 is 1.38 bits per heavy atom. The largest absolute Gasteiger partial charge is 0.490 e. The highest BCUT2D eigenvalue weighted by Crippen LogP contribution is 2.22. The molecule has 0 unspecified atom stereocenters. The van der Waals surface area contributed by atoms with Crippen LogP contribution in [0, 0.1) is 11.8 Å². The van der Waals surface area contributed by atoms with Crippen LogP contribution in [-0.2, 0) is 4.74 Å². The number of rotatable bonds is 5. The molecular weight excluding hydrogens is 328 g/mol. The third-order valence-corrected chi connectivity index (χ3v) is 4.05. The van der Waals surface area contributed by atoms with Gasteiger partial charge in [0.1, 0.15) is 18.0 Å². The molecule has 1 aliphatic rings. The minimum atomic E-state index is -0.486. The van der Waals surface area contributed by atoms with Gasteiger partial charge in [0.25, 0.3) is 0 Å². The van der Waals surface area contributed by atoms with Crippen LogP contribution in [-0.4, -0.2) is 40.8 Å². The van der Waals surface area contributed by atoms with Crippen molar-refractivity contribution >= 4 is 6.09 Å². The SMILES string of the molecule is CCCCC#Cc1cncc(OC[C@@H]2CCCN2C(=O)OC(C)(C)C)c1. The number of nitrogens with zero attached hydrogens (tertiary/aromatic N) is 2. The summed E-state index contributed by atoms with van der Waals surface area (Å²) in [7, 11) is 0. The molecule has 1 amide bonds. The van der Waals surface area contributed by atoms with E-state index in [9.17, 15) is 4.79 Å². The minimum Gasteiger partial charge on any atom is -0.490 e. The number of aromatic nitrogens is 1. The van der Waals surface area contributed by atoms with Crippen molar-refractivity contribution < 1.29 is 14.3 Å². The molecule has 0 bridgehead atoms. The Labute approximate surface area is 157 Å². The molecule has 1 fully saturated rings. The van der Waals surface area contributed by atoms with E-state index in [2.05, 4.69) is 23.7 Å². The van der Waals surface area contributed by atoms with Gasteiger partial charge in [-0.2, -0.15) is 0 Å². The van der Waals surface area contributed by atoms with Gasteiger partial charge < -0.3 is 14.4 Å². The lowest BCUT2D eigenvalue weighted by Crippen LogP contribution is -2.42. The Hall–Kier alpha value is -2.22. The van der Waals surface area contributed by atoms with Crippen molar-refractivity contribution in [2.24, 2.45) is 0 Å². The summed E-state index contributed by atoms with van der Waals surface area (Å²) in [5.41, 5.74) is 0.369. The summed E-state index contributed by atoms with van der Waals surface area (Å²) in [6.45, 7) is 8.95. The summed E-state index contributed by atoms with van der Waals surface area (Å²) < 4.78 is 11.4. The molecule has 1 aliphatic heterocycles. The predicted octanol–water partition coefficient (Wildman–Crippen LogP) is 4.40. The molecule has 0 aliphatic carbocycles. The van der Waals surface area contributed by atoms with Crippen molar-refractivity contribution in [3.63, 3.8) is 0 Å². The number of unbranched alkanes of at least 4 members (excludes halogenated alkanes) is 2. The zero-order valence-corrected chi connectivity index (χ0v) is 16.4. The lowest BCUT2D eigenvalue weighted by molar-refractivity contribution is 0.0187. The van der Waals surface area contributed by atoms with Crippen molar-refractivity contribution in [2.75, 3.05) is 13.2 Å². The van der Waals surface area contributed by atoms with E-state index in [-0.39, 0.29) is 12.1 Å². The van der Waals surface area contributed by atoms with E-state index in [1.807, 2.05) is 26.8 Å². The average molecular weight is 358 g/mol. The zero-order chi connectivity index (χ0) is 19.0. The molecule has 5 heteroatoms. The minimum absolute atomic E-state index is 0.0316. The van der Waals surface area contributed by atoms with Crippen LogP contribution in [0.2, 0.25) is 0 Å². The summed E-state index contributed by atoms with van der Waals surface area (Å²) in [6, 6.07) is 1.93. The number of likely N-dealkylation sites (tertiary alicyclic amines) is 1. The van der Waals surface area contributed by atoms with E-state index < -0.39 is 5.60 Å². The van der Waals surface area contributed by atoms with Gasteiger partial charge in [-0.05, 0) is 46.1 Å². The average Bonchev–Trinajstić information content (AvgIpc) is 3.05. The first kappa shape index (κ1) is 20.1. The van der Waals surface area contributed by atoms with Crippen LogP contribution in [0.25, 0.3) is 0 Å². The Morgan fingerprint density at radius 3 is 2.92 bits per heavy atom. The molecule has 0 aromatic carbocycles. The van der Waals surface area contributed by atoms with E-state index in [1.54, 1.807) is 17.3 Å². The standard InChI is InChI=1S/C21H30N2O3/c1-5-6-7-8-10-17-13-19(15-22-14-17)25-16-18-11-9-12-23(18)20(24)26-21(2,3)4/h13-15,18H,5-7,9,11-12,16H2,1-4H3/t18-/m0/s1. The second kappa shape index (κ2) is 9.47. The third kappa shape index (κ3) is 6.59. The molecule has 5 nitrogen and oxygen atoms in total. The van der Waals surface area contributed by atoms with Gasteiger partial charge in [-0.1, -0.05) is 25.2 Å². The fourth-order valence-corrected chi connectivity index (χ4v) is 2.76. The van der Waals surface area contributed by atoms with Gasteiger partial charge in [-0.15, -0.1) is 0 Å². The summed E-state index contributed by atoms with van der Waals surface area (Å²) in [5, 5.41) is 0. The highest BCUT2D eigenvalue weighted by Gasteiger charge is 2.32. The zero-order valence-electron chi connectivity index (χ0n) is 16.4. The second-order valence-corrected chi connectivity index (χ2v) is 7.60. The highest BCUT2D eigenvalue weighted by atomic mass is 16.6. The van der Waals surface area contributed by atoms with Gasteiger partial charge in [0.2, 0.25) is 0 Å². The molecule has 1 atom stereocenters. The van der Waals surface area contributed by atoms with Gasteiger partial charge in [0.05, 0.1) is 12.2 Å². The maximum Gasteiger partial charge on any atom is 0.410 e. The van der Waals surface area contributed by atoms with Gasteiger partial charge in [-0.3, -0.25) is 4.98 Å². The molecule has 2 heterocycles. The number of ether oxygens (including phenoxy) is 2. The number of amides is 1. The summed E-state index contributed by atoms with van der Waals surface area (Å²) in [5.74, 6) is 6.96. The molecule has 142 valence electrons. The number of hydrogen-bond acceptors (Lipinski definition) is 4. The first-order valence-corrected chi connectivity index (χ1v) is 9.45. The van der Waals surface area contributed by atoms with Crippen LogP contribution in [0.1, 0.15) is 65.4 Å². The molecule has 1 aromatic heterocycles. The summed E-state index contributed by atoms with van der Waals surface area (Å²) in [6.07, 6.45) is 8.20. The highest BCUT2D eigenvalue weighted by molar-refractivity contribution is 5.69. The maximum absolute atomic E-state index is 12.3. The van der Waals surface area contributed by atoms with Crippen LogP contribution in [0.5, 0.6) is 5.75 Å². The maximum atomic E-state index is 12.3. The lowest BCUT2D eigenvalue weighted by Gasteiger charge is -2.28. The predicted molar refractivity (Wildman–Crippen MR) is 102 cm³/mol. The Balaban J connectivity index is 1.91. The normalized spacial score (nSPS) is 16.8. The third-order valence-electron chi connectivity index (χ3n) is 4.05. The molecule has 0 radical (unpaired) electrons. The van der Waals surface area contributed by atoms with E-state index in [4.69, 9.17) is 9.47 Å². The smallest absolute Gasteiger partial charge is 0.410 e. The first-order chi connectivity index (χ1) is 12.4. The van der Waals surface area contributed by atoms with Gasteiger partial charge >= 0.3 is 6.09 Å². The van der Waals surface area contributed by atoms with E-state index >= 15 is 0 Å². The molecule has 26 heavy (non-hydrogen) atoms. The lowest BCUT2D eigenvalue weighted by atomic mass is 10.2. The second-order valence-electron chi connectivity index (χ2n) is 7.60. The van der Waals surface area contributed by atoms with Crippen molar-refractivity contribution in [1.29, 1.82) is 0 Å². The van der Waals surface area contributed by atoms with E-state index in [0.717, 1.165) is 37.7 Å². The fraction of sp³-hybridized carbons (Fsp3) is 0.619. The Morgan fingerprint density at radius 2 is 2.19 bits per heavy atom. The van der Waals surface area contributed by atoms with Crippen LogP contribution < -0.4 is 4.74 Å². The number of carbonyl (C=O) groups is 1. The summed E-state index contributed by atoms with van der Waals surface area (Å²) >= 11 is 0. The van der Waals surface area contributed by atoms with Crippen LogP contribution in [0.15, 0.2) is 18.5 Å². The molecule has 1 aromatic rings. The van der Waals surface area contributed by atoms with Crippen molar-refractivity contribution in [1.82, 2.24) is 9.88 Å². The van der Waals surface area contributed by atoms with Crippen molar-refractivity contribution in [2.45, 2.75) is 71.4 Å². The van der Waals surface area contributed by atoms with Crippen molar-refractivity contribution in [3.8, 4) is 17.6 Å².